The third-order valence-corrected chi connectivity index (χ3v) is 10.3. The maximum atomic E-state index is 12.8. The maximum Gasteiger partial charge on any atom is 0.306 e. The Bertz CT molecular complexity index is 936. The molecule has 1 aliphatic rings. The number of carbonyl (C=O) groups is 1. The molecule has 0 amide bonds. The van der Waals surface area contributed by atoms with Crippen LogP contribution < -0.4 is 0 Å². The van der Waals surface area contributed by atoms with Gasteiger partial charge in [-0.3, -0.25) is 4.79 Å². The molecule has 4 N–H and O–H groups in total. The molecule has 0 aromatic heterocycles. The van der Waals surface area contributed by atoms with Crippen LogP contribution in [-0.4, -0.2) is 89.6 Å². The van der Waals surface area contributed by atoms with Crippen molar-refractivity contribution in [3.05, 3.63) is 36.5 Å². The lowest BCUT2D eigenvalue weighted by Crippen LogP contribution is -2.59. The molecule has 0 radical (unpaired) electrons. The molecule has 0 saturated carbocycles. The highest BCUT2D eigenvalue weighted by atomic mass is 16.7. The number of aliphatic hydroxyl groups excluding tert-OH is 4. The molecule has 1 heterocycles. The molecule has 0 aromatic carbocycles. The number of unbranched alkanes of at least 4 members (excludes halogenated alkanes) is 21. The van der Waals surface area contributed by atoms with Crippen LogP contribution in [0, 0.1) is 0 Å². The predicted molar refractivity (Wildman–Crippen MR) is 224 cm³/mol. The van der Waals surface area contributed by atoms with Gasteiger partial charge in [-0.2, -0.15) is 0 Å². The SMILES string of the molecule is CCCCCC/C=C\C/C=C\CCCCCCCCOCC(COC1OC(CO)C(O)C(O)C1O)OC(=O)CCCCCCC/C=C\CCCCCCCC. The second kappa shape index (κ2) is 38.0. The number of carbonyl (C=O) groups excluding carboxylic acids is 1. The summed E-state index contributed by atoms with van der Waals surface area (Å²) in [5.41, 5.74) is 0. The second-order valence-corrected chi connectivity index (χ2v) is 15.5. The van der Waals surface area contributed by atoms with E-state index in [1.807, 2.05) is 0 Å². The molecule has 1 aliphatic heterocycles. The second-order valence-electron chi connectivity index (χ2n) is 15.5. The normalized spacial score (nSPS) is 21.0. The third-order valence-electron chi connectivity index (χ3n) is 10.3. The van der Waals surface area contributed by atoms with Gasteiger partial charge in [0, 0.05) is 13.0 Å². The van der Waals surface area contributed by atoms with Crippen molar-refractivity contribution in [3.63, 3.8) is 0 Å². The Hall–Kier alpha value is -1.59. The number of rotatable bonds is 38. The van der Waals surface area contributed by atoms with E-state index in [2.05, 4.69) is 50.3 Å². The summed E-state index contributed by atoms with van der Waals surface area (Å²) in [6.07, 6.45) is 37.3. The summed E-state index contributed by atoms with van der Waals surface area (Å²) in [5.74, 6) is -0.326. The van der Waals surface area contributed by atoms with Gasteiger partial charge in [0.05, 0.1) is 19.8 Å². The first-order valence-corrected chi connectivity index (χ1v) is 22.6. The fourth-order valence-electron chi connectivity index (χ4n) is 6.69. The van der Waals surface area contributed by atoms with Gasteiger partial charge in [-0.05, 0) is 70.6 Å². The van der Waals surface area contributed by atoms with Crippen LogP contribution >= 0.6 is 0 Å². The molecule has 1 fully saturated rings. The topological polar surface area (TPSA) is 135 Å². The summed E-state index contributed by atoms with van der Waals surface area (Å²) in [7, 11) is 0. The van der Waals surface area contributed by atoms with Gasteiger partial charge in [0.25, 0.3) is 0 Å². The predicted octanol–water partition coefficient (Wildman–Crippen LogP) is 9.97. The van der Waals surface area contributed by atoms with Gasteiger partial charge in [0.1, 0.15) is 30.5 Å². The number of allylic oxidation sites excluding steroid dienone is 6. The van der Waals surface area contributed by atoms with E-state index < -0.39 is 43.4 Å². The summed E-state index contributed by atoms with van der Waals surface area (Å²) in [6.45, 7) is 4.51. The van der Waals surface area contributed by atoms with Crippen molar-refractivity contribution in [2.24, 2.45) is 0 Å². The average molecular weight is 781 g/mol. The van der Waals surface area contributed by atoms with E-state index in [4.69, 9.17) is 18.9 Å². The summed E-state index contributed by atoms with van der Waals surface area (Å²) < 4.78 is 22.8. The number of ether oxygens (including phenoxy) is 4. The minimum absolute atomic E-state index is 0.120. The molecule has 55 heavy (non-hydrogen) atoms. The van der Waals surface area contributed by atoms with Crippen molar-refractivity contribution >= 4 is 5.97 Å². The van der Waals surface area contributed by atoms with Crippen LogP contribution in [-0.2, 0) is 23.7 Å². The van der Waals surface area contributed by atoms with Crippen LogP contribution in [0.25, 0.3) is 0 Å². The van der Waals surface area contributed by atoms with Gasteiger partial charge in [-0.25, -0.2) is 0 Å². The number of hydrogen-bond acceptors (Lipinski definition) is 9. The van der Waals surface area contributed by atoms with Gasteiger partial charge < -0.3 is 39.4 Å². The summed E-state index contributed by atoms with van der Waals surface area (Å²) in [4.78, 5) is 12.8. The van der Waals surface area contributed by atoms with E-state index in [-0.39, 0.29) is 19.2 Å². The Labute approximate surface area is 336 Å². The van der Waals surface area contributed by atoms with E-state index in [0.717, 1.165) is 64.2 Å². The highest BCUT2D eigenvalue weighted by Crippen LogP contribution is 2.22. The summed E-state index contributed by atoms with van der Waals surface area (Å²) >= 11 is 0. The van der Waals surface area contributed by atoms with Crippen molar-refractivity contribution in [1.82, 2.24) is 0 Å². The summed E-state index contributed by atoms with van der Waals surface area (Å²) in [6, 6.07) is 0. The maximum absolute atomic E-state index is 12.8. The quantitative estimate of drug-likeness (QED) is 0.0274. The fraction of sp³-hybridized carbons (Fsp3) is 0.848. The molecule has 9 heteroatoms. The molecule has 0 spiro atoms. The zero-order valence-corrected chi connectivity index (χ0v) is 35.2. The van der Waals surface area contributed by atoms with Gasteiger partial charge in [0.2, 0.25) is 0 Å². The van der Waals surface area contributed by atoms with Crippen molar-refractivity contribution in [2.45, 2.75) is 224 Å². The van der Waals surface area contributed by atoms with Gasteiger partial charge in [0.15, 0.2) is 6.29 Å². The Balaban J connectivity index is 2.28. The van der Waals surface area contributed by atoms with Gasteiger partial charge in [-0.15, -0.1) is 0 Å². The molecule has 0 bridgehead atoms. The van der Waals surface area contributed by atoms with E-state index >= 15 is 0 Å². The van der Waals surface area contributed by atoms with E-state index in [0.29, 0.717) is 13.0 Å². The Morgan fingerprint density at radius 2 is 1.05 bits per heavy atom. The minimum atomic E-state index is -1.54. The number of hydrogen-bond donors (Lipinski definition) is 4. The molecule has 1 saturated heterocycles. The molecule has 0 aliphatic carbocycles. The van der Waals surface area contributed by atoms with Crippen LogP contribution in [0.2, 0.25) is 0 Å². The van der Waals surface area contributed by atoms with Crippen LogP contribution in [0.1, 0.15) is 187 Å². The third kappa shape index (κ3) is 29.3. The Morgan fingerprint density at radius 3 is 1.60 bits per heavy atom. The average Bonchev–Trinajstić information content (AvgIpc) is 3.18. The standard InChI is InChI=1S/C46H84O9/c1-3-5-7-9-11-13-15-17-19-20-22-24-26-28-30-32-34-36-52-38-40(39-53-46-45(51)44(50)43(49)41(37-47)55-46)54-42(48)35-33-31-29-27-25-23-21-18-16-14-12-10-8-6-4-2/h13,15,18-21,40-41,43-47,49-51H,3-12,14,16-17,22-39H2,1-2H3/b15-13-,20-19-,21-18-. The lowest BCUT2D eigenvalue weighted by Gasteiger charge is -2.39. The molecule has 6 unspecified atom stereocenters. The van der Waals surface area contributed by atoms with Gasteiger partial charge in [-0.1, -0.05) is 147 Å². The van der Waals surface area contributed by atoms with E-state index in [1.165, 1.54) is 103 Å². The smallest absolute Gasteiger partial charge is 0.306 e. The van der Waals surface area contributed by atoms with E-state index in [9.17, 15) is 25.2 Å². The lowest BCUT2D eigenvalue weighted by atomic mass is 9.99. The van der Waals surface area contributed by atoms with Crippen LogP contribution in [0.15, 0.2) is 36.5 Å². The molecular formula is C46H84O9. The number of esters is 1. The van der Waals surface area contributed by atoms with Crippen LogP contribution in [0.3, 0.4) is 0 Å². The van der Waals surface area contributed by atoms with Crippen molar-refractivity contribution in [2.75, 3.05) is 26.4 Å². The monoisotopic (exact) mass is 781 g/mol. The van der Waals surface area contributed by atoms with Crippen molar-refractivity contribution in [3.8, 4) is 0 Å². The zero-order chi connectivity index (χ0) is 40.0. The largest absolute Gasteiger partial charge is 0.457 e. The molecule has 1 rings (SSSR count). The first-order valence-electron chi connectivity index (χ1n) is 22.6. The highest BCUT2D eigenvalue weighted by molar-refractivity contribution is 5.69. The first kappa shape index (κ1) is 51.4. The summed E-state index contributed by atoms with van der Waals surface area (Å²) in [5, 5.41) is 40.1. The molecule has 0 aromatic rings. The van der Waals surface area contributed by atoms with Crippen molar-refractivity contribution < 1.29 is 44.2 Å². The molecule has 6 atom stereocenters. The molecule has 9 nitrogen and oxygen atoms in total. The minimum Gasteiger partial charge on any atom is -0.457 e. The number of aliphatic hydroxyl groups is 4. The zero-order valence-electron chi connectivity index (χ0n) is 35.2. The fourth-order valence-corrected chi connectivity index (χ4v) is 6.69. The molecule has 322 valence electrons. The highest BCUT2D eigenvalue weighted by Gasteiger charge is 2.44. The van der Waals surface area contributed by atoms with Crippen molar-refractivity contribution in [1.29, 1.82) is 0 Å². The van der Waals surface area contributed by atoms with Crippen LogP contribution in [0.4, 0.5) is 0 Å². The first-order chi connectivity index (χ1) is 26.9. The van der Waals surface area contributed by atoms with E-state index in [1.54, 1.807) is 0 Å². The lowest BCUT2D eigenvalue weighted by molar-refractivity contribution is -0.305. The molecular weight excluding hydrogens is 696 g/mol. The van der Waals surface area contributed by atoms with Gasteiger partial charge >= 0.3 is 5.97 Å². The Kier molecular flexibility index (Phi) is 35.5. The van der Waals surface area contributed by atoms with Crippen LogP contribution in [0.5, 0.6) is 0 Å². The Morgan fingerprint density at radius 1 is 0.582 bits per heavy atom.